The molecule has 0 aliphatic heterocycles. The molecular weight excluding hydrogens is 296 g/mol. The molecule has 2 aromatic rings. The number of carbonyl (C=O) groups excluding carboxylic acids is 2. The first kappa shape index (κ1) is 16.6. The van der Waals surface area contributed by atoms with Crippen molar-refractivity contribution in [3.63, 3.8) is 0 Å². The molecular formula is C16H18N4O3. The van der Waals surface area contributed by atoms with E-state index < -0.39 is 0 Å². The lowest BCUT2D eigenvalue weighted by Gasteiger charge is -2.07. The van der Waals surface area contributed by atoms with Crippen molar-refractivity contribution in [2.45, 2.75) is 6.54 Å². The highest BCUT2D eigenvalue weighted by molar-refractivity contribution is 5.99. The molecule has 2 heterocycles. The van der Waals surface area contributed by atoms with Crippen LogP contribution in [-0.2, 0) is 11.3 Å². The van der Waals surface area contributed by atoms with Gasteiger partial charge < -0.3 is 15.4 Å². The molecule has 0 saturated heterocycles. The Balaban J connectivity index is 1.95. The standard InChI is InChI=1S/C16H18N4O3/c1-23-7-6-19-15(21)13-8-14(11-18-10-13)16(22)20-9-12-2-4-17-5-3-12/h2-5,8,10-11H,6-7,9H2,1H3,(H,19,21)(H,20,22). The molecule has 120 valence electrons. The minimum Gasteiger partial charge on any atom is -0.383 e. The lowest BCUT2D eigenvalue weighted by molar-refractivity contribution is 0.0936. The third-order valence-electron chi connectivity index (χ3n) is 3.06. The van der Waals surface area contributed by atoms with Crippen molar-refractivity contribution < 1.29 is 14.3 Å². The van der Waals surface area contributed by atoms with E-state index in [0.717, 1.165) is 5.56 Å². The summed E-state index contributed by atoms with van der Waals surface area (Å²) in [6.45, 7) is 1.20. The van der Waals surface area contributed by atoms with Crippen molar-refractivity contribution >= 4 is 11.8 Å². The first-order valence-electron chi connectivity index (χ1n) is 7.10. The number of ether oxygens (including phenoxy) is 1. The summed E-state index contributed by atoms with van der Waals surface area (Å²) in [5.41, 5.74) is 1.60. The van der Waals surface area contributed by atoms with Crippen LogP contribution in [0.25, 0.3) is 0 Å². The Hall–Kier alpha value is -2.80. The number of hydrogen-bond donors (Lipinski definition) is 2. The smallest absolute Gasteiger partial charge is 0.253 e. The van der Waals surface area contributed by atoms with Crippen molar-refractivity contribution in [2.75, 3.05) is 20.3 Å². The fourth-order valence-electron chi connectivity index (χ4n) is 1.84. The quantitative estimate of drug-likeness (QED) is 0.737. The Morgan fingerprint density at radius 2 is 1.70 bits per heavy atom. The SMILES string of the molecule is COCCNC(=O)c1cncc(C(=O)NCc2ccncc2)c1. The van der Waals surface area contributed by atoms with Gasteiger partial charge in [-0.25, -0.2) is 0 Å². The highest BCUT2D eigenvalue weighted by Crippen LogP contribution is 2.04. The van der Waals surface area contributed by atoms with Crippen LogP contribution in [0, 0.1) is 0 Å². The number of rotatable bonds is 7. The summed E-state index contributed by atoms with van der Waals surface area (Å²) in [4.78, 5) is 31.9. The molecule has 0 bridgehead atoms. The minimum atomic E-state index is -0.293. The van der Waals surface area contributed by atoms with Crippen molar-refractivity contribution in [1.29, 1.82) is 0 Å². The summed E-state index contributed by atoms with van der Waals surface area (Å²) in [5.74, 6) is -0.584. The van der Waals surface area contributed by atoms with Crippen molar-refractivity contribution in [2.24, 2.45) is 0 Å². The van der Waals surface area contributed by atoms with Crippen LogP contribution in [0.1, 0.15) is 26.3 Å². The molecule has 2 N–H and O–H groups in total. The Labute approximate surface area is 134 Å². The Kier molecular flexibility index (Phi) is 6.19. The average Bonchev–Trinajstić information content (AvgIpc) is 2.61. The maximum absolute atomic E-state index is 12.1. The summed E-state index contributed by atoms with van der Waals surface area (Å²) in [5, 5.41) is 5.46. The summed E-state index contributed by atoms with van der Waals surface area (Å²) in [6.07, 6.45) is 6.16. The van der Waals surface area contributed by atoms with Crippen LogP contribution in [0.2, 0.25) is 0 Å². The van der Waals surface area contributed by atoms with Gasteiger partial charge in [0.05, 0.1) is 17.7 Å². The monoisotopic (exact) mass is 314 g/mol. The number of amides is 2. The fraction of sp³-hybridized carbons (Fsp3) is 0.250. The summed E-state index contributed by atoms with van der Waals surface area (Å²) in [6, 6.07) is 5.15. The third kappa shape index (κ3) is 5.15. The highest BCUT2D eigenvalue weighted by atomic mass is 16.5. The number of carbonyl (C=O) groups is 2. The maximum Gasteiger partial charge on any atom is 0.253 e. The van der Waals surface area contributed by atoms with Gasteiger partial charge in [0.25, 0.3) is 11.8 Å². The third-order valence-corrected chi connectivity index (χ3v) is 3.06. The fourth-order valence-corrected chi connectivity index (χ4v) is 1.84. The molecule has 2 aromatic heterocycles. The van der Waals surface area contributed by atoms with Gasteiger partial charge in [-0.2, -0.15) is 0 Å². The predicted molar refractivity (Wildman–Crippen MR) is 83.9 cm³/mol. The van der Waals surface area contributed by atoms with E-state index in [2.05, 4.69) is 20.6 Å². The van der Waals surface area contributed by atoms with Crippen molar-refractivity contribution in [3.05, 3.63) is 59.7 Å². The Morgan fingerprint density at radius 1 is 1.04 bits per heavy atom. The number of aromatic nitrogens is 2. The molecule has 7 nitrogen and oxygen atoms in total. The first-order valence-corrected chi connectivity index (χ1v) is 7.10. The molecule has 0 aliphatic carbocycles. The van der Waals surface area contributed by atoms with Crippen LogP contribution < -0.4 is 10.6 Å². The van der Waals surface area contributed by atoms with Crippen molar-refractivity contribution in [1.82, 2.24) is 20.6 Å². The van der Waals surface area contributed by atoms with Crippen molar-refractivity contribution in [3.8, 4) is 0 Å². The minimum absolute atomic E-state index is 0.291. The van der Waals surface area contributed by atoms with Gasteiger partial charge >= 0.3 is 0 Å². The molecule has 0 radical (unpaired) electrons. The second-order valence-corrected chi connectivity index (χ2v) is 4.75. The first-order chi connectivity index (χ1) is 11.2. The zero-order valence-electron chi connectivity index (χ0n) is 12.8. The van der Waals surface area contributed by atoms with E-state index in [9.17, 15) is 9.59 Å². The lowest BCUT2D eigenvalue weighted by Crippen LogP contribution is -2.28. The van der Waals surface area contributed by atoms with Gasteiger partial charge in [-0.1, -0.05) is 0 Å². The van der Waals surface area contributed by atoms with E-state index >= 15 is 0 Å². The van der Waals surface area contributed by atoms with Gasteiger partial charge in [0, 0.05) is 45.0 Å². The number of hydrogen-bond acceptors (Lipinski definition) is 5. The molecule has 7 heteroatoms. The molecule has 0 saturated carbocycles. The topological polar surface area (TPSA) is 93.2 Å². The second-order valence-electron chi connectivity index (χ2n) is 4.75. The van der Waals surface area contributed by atoms with Crippen LogP contribution in [-0.4, -0.2) is 42.0 Å². The summed E-state index contributed by atoms with van der Waals surface area (Å²) >= 11 is 0. The van der Waals surface area contributed by atoms with Gasteiger partial charge in [-0.05, 0) is 23.8 Å². The molecule has 2 amide bonds. The van der Waals surface area contributed by atoms with E-state index in [1.807, 2.05) is 12.1 Å². The number of nitrogens with zero attached hydrogens (tertiary/aromatic N) is 2. The van der Waals surface area contributed by atoms with Crippen LogP contribution in [0.4, 0.5) is 0 Å². The number of nitrogens with one attached hydrogen (secondary N) is 2. The molecule has 0 fully saturated rings. The molecule has 0 aromatic carbocycles. The number of pyridine rings is 2. The summed E-state index contributed by atoms with van der Waals surface area (Å²) < 4.78 is 4.87. The molecule has 2 rings (SSSR count). The van der Waals surface area contributed by atoms with E-state index in [1.54, 1.807) is 19.5 Å². The molecule has 0 unspecified atom stereocenters. The molecule has 0 aliphatic rings. The van der Waals surface area contributed by atoms with E-state index in [1.165, 1.54) is 18.5 Å². The Morgan fingerprint density at radius 3 is 2.35 bits per heavy atom. The molecule has 23 heavy (non-hydrogen) atoms. The van der Waals surface area contributed by atoms with E-state index in [0.29, 0.717) is 30.8 Å². The highest BCUT2D eigenvalue weighted by Gasteiger charge is 2.11. The van der Waals surface area contributed by atoms with E-state index in [4.69, 9.17) is 4.74 Å². The van der Waals surface area contributed by atoms with Gasteiger partial charge in [0.15, 0.2) is 0 Å². The van der Waals surface area contributed by atoms with Crippen LogP contribution in [0.3, 0.4) is 0 Å². The van der Waals surface area contributed by atoms with E-state index in [-0.39, 0.29) is 11.8 Å². The maximum atomic E-state index is 12.1. The largest absolute Gasteiger partial charge is 0.383 e. The van der Waals surface area contributed by atoms with Crippen LogP contribution in [0.15, 0.2) is 43.0 Å². The van der Waals surface area contributed by atoms with Crippen LogP contribution >= 0.6 is 0 Å². The van der Waals surface area contributed by atoms with Gasteiger partial charge in [0.2, 0.25) is 0 Å². The summed E-state index contributed by atoms with van der Waals surface area (Å²) in [7, 11) is 1.56. The zero-order valence-corrected chi connectivity index (χ0v) is 12.8. The van der Waals surface area contributed by atoms with Gasteiger partial charge in [0.1, 0.15) is 0 Å². The Bertz CT molecular complexity index is 661. The molecule has 0 spiro atoms. The normalized spacial score (nSPS) is 10.1. The van der Waals surface area contributed by atoms with Crippen LogP contribution in [0.5, 0.6) is 0 Å². The van der Waals surface area contributed by atoms with Gasteiger partial charge in [-0.15, -0.1) is 0 Å². The number of methoxy groups -OCH3 is 1. The molecule has 0 atom stereocenters. The zero-order chi connectivity index (χ0) is 16.5. The lowest BCUT2D eigenvalue weighted by atomic mass is 10.2. The van der Waals surface area contributed by atoms with Gasteiger partial charge in [-0.3, -0.25) is 19.6 Å². The average molecular weight is 314 g/mol. The predicted octanol–water partition coefficient (Wildman–Crippen LogP) is 0.783. The second kappa shape index (κ2) is 8.60.